The maximum Gasteiger partial charge on any atom is 0.254 e. The summed E-state index contributed by atoms with van der Waals surface area (Å²) in [5, 5.41) is 1.18. The zero-order valence-corrected chi connectivity index (χ0v) is 23.5. The topological polar surface area (TPSA) is 22.5 Å². The molecule has 4 aromatic carbocycles. The molecule has 39 heavy (non-hydrogen) atoms. The lowest BCUT2D eigenvalue weighted by molar-refractivity contribution is 0.672. The molecule has 7 aromatic rings. The van der Waals surface area contributed by atoms with Gasteiger partial charge in [-0.25, -0.2) is 0 Å². The monoisotopic (exact) mass is 496 g/mol. The van der Waals surface area contributed by atoms with E-state index in [1.807, 2.05) is 0 Å². The second-order valence-electron chi connectivity index (χ2n) is 12.1. The predicted molar refractivity (Wildman–Crippen MR) is 179 cm³/mol. The first-order valence-electron chi connectivity index (χ1n) is 14.0. The van der Waals surface area contributed by atoms with Gasteiger partial charge >= 0.3 is 0 Å². The van der Waals surface area contributed by atoms with Crippen LogP contribution in [0.5, 0.6) is 0 Å². The Labute approximate surface area is 230 Å². The summed E-state index contributed by atoms with van der Waals surface area (Å²) in [4.78, 5) is 0. The highest BCUT2D eigenvalue weighted by Gasteiger charge is 2.46. The number of aryl methyl sites for hydroxylation is 3. The molecule has 180 valence electrons. The van der Waals surface area contributed by atoms with Crippen LogP contribution in [0.25, 0.3) is 55.6 Å². The molecular formula is C31H25B5N2O. The number of imidazole rings is 1. The number of para-hydroxylation sites is 1. The van der Waals surface area contributed by atoms with Crippen molar-refractivity contribution in [3.05, 3.63) is 65.2 Å². The van der Waals surface area contributed by atoms with Crippen LogP contribution in [0.3, 0.4) is 0 Å². The van der Waals surface area contributed by atoms with E-state index in [0.717, 1.165) is 11.2 Å². The van der Waals surface area contributed by atoms with Crippen LogP contribution in [0.1, 0.15) is 16.7 Å². The van der Waals surface area contributed by atoms with Gasteiger partial charge in [-0.1, -0.05) is 40.7 Å². The van der Waals surface area contributed by atoms with Crippen molar-refractivity contribution in [1.29, 1.82) is 0 Å². The number of benzene rings is 4. The van der Waals surface area contributed by atoms with Gasteiger partial charge in [0, 0.05) is 16.5 Å². The zero-order valence-electron chi connectivity index (χ0n) is 23.5. The maximum atomic E-state index is 6.82. The van der Waals surface area contributed by atoms with E-state index < -0.39 is 0 Å². The molecule has 0 aliphatic carbocycles. The minimum absolute atomic E-state index is 0.148. The molecule has 3 nitrogen and oxygen atoms in total. The van der Waals surface area contributed by atoms with Crippen LogP contribution in [0.15, 0.2) is 52.9 Å². The van der Waals surface area contributed by atoms with Gasteiger partial charge < -0.3 is 4.42 Å². The number of hydrogen-bond donors (Lipinski definition) is 0. The second-order valence-corrected chi connectivity index (χ2v) is 12.1. The van der Waals surface area contributed by atoms with Crippen molar-refractivity contribution in [2.24, 2.45) is 0 Å². The molecule has 8 heteroatoms. The van der Waals surface area contributed by atoms with E-state index in [-0.39, 0.29) is 6.71 Å². The number of furan rings is 1. The number of nitrogens with zero attached hydrogens (tertiary/aromatic N) is 2. The SMILES string of the molecule is Bc1c(B)c(B)c2c(c1B)B1c3c-2cc(C)cc3-n2c3c(C)cc(C)cc3n3c4c(oc5ccccc54)c1c23. The number of hydrogen-bond acceptors (Lipinski definition) is 1. The van der Waals surface area contributed by atoms with Crippen molar-refractivity contribution in [2.75, 3.05) is 0 Å². The van der Waals surface area contributed by atoms with Crippen LogP contribution in [0.2, 0.25) is 0 Å². The molecule has 9 rings (SSSR count). The lowest BCUT2D eigenvalue weighted by Crippen LogP contribution is -2.63. The first-order valence-corrected chi connectivity index (χ1v) is 14.0. The zero-order chi connectivity index (χ0) is 26.6. The summed E-state index contributed by atoms with van der Waals surface area (Å²) in [6, 6.07) is 18.1. The number of fused-ring (bicyclic) bond motifs is 13. The van der Waals surface area contributed by atoms with Gasteiger partial charge in [-0.05, 0) is 78.3 Å². The number of rotatable bonds is 0. The van der Waals surface area contributed by atoms with Gasteiger partial charge in [0.2, 0.25) is 0 Å². The van der Waals surface area contributed by atoms with Gasteiger partial charge in [0.1, 0.15) is 48.1 Å². The maximum absolute atomic E-state index is 6.82. The summed E-state index contributed by atoms with van der Waals surface area (Å²) in [7, 11) is 9.24. The standard InChI is InChI=1S/C31H25B5N2O/c1-12-8-14(3)28-18(11-12)38-29-15-6-4-5-7-19(15)39-30(29)27-31(38)37(28)17-10-13(2)9-16-20-21(32)22(33)23(34)24(35)26(20)36(27)25(16)17/h4-11H,32-35H2,1-3H3. The molecule has 3 aromatic heterocycles. The first kappa shape index (κ1) is 22.0. The molecule has 0 atom stereocenters. The van der Waals surface area contributed by atoms with Gasteiger partial charge in [-0.3, -0.25) is 8.97 Å². The van der Waals surface area contributed by atoms with Crippen molar-refractivity contribution in [3.8, 4) is 16.8 Å². The second kappa shape index (κ2) is 6.80. The molecule has 2 aliphatic heterocycles. The Kier molecular flexibility index (Phi) is 3.83. The lowest BCUT2D eigenvalue weighted by atomic mass is 9.35. The van der Waals surface area contributed by atoms with Gasteiger partial charge in [-0.2, -0.15) is 0 Å². The van der Waals surface area contributed by atoms with E-state index in [2.05, 4.69) is 110 Å². The average Bonchev–Trinajstić information content (AvgIpc) is 3.61. The first-order chi connectivity index (χ1) is 18.8. The van der Waals surface area contributed by atoms with Crippen molar-refractivity contribution in [1.82, 2.24) is 8.97 Å². The molecule has 0 spiro atoms. The third-order valence-electron chi connectivity index (χ3n) is 10.0. The third kappa shape index (κ3) is 2.32. The van der Waals surface area contributed by atoms with Crippen LogP contribution in [-0.2, 0) is 0 Å². The summed E-state index contributed by atoms with van der Waals surface area (Å²) >= 11 is 0. The van der Waals surface area contributed by atoms with Crippen LogP contribution < -0.4 is 38.2 Å². The molecule has 0 radical (unpaired) electrons. The minimum atomic E-state index is 0.148. The highest BCUT2D eigenvalue weighted by Crippen LogP contribution is 2.40. The summed E-state index contributed by atoms with van der Waals surface area (Å²) in [5.41, 5.74) is 24.9. The van der Waals surface area contributed by atoms with Crippen molar-refractivity contribution < 1.29 is 4.42 Å². The van der Waals surface area contributed by atoms with E-state index in [1.54, 1.807) is 0 Å². The predicted octanol–water partition coefficient (Wildman–Crippen LogP) is -1.45. The Morgan fingerprint density at radius 1 is 0.744 bits per heavy atom. The molecule has 0 saturated carbocycles. The molecule has 5 heterocycles. The summed E-state index contributed by atoms with van der Waals surface area (Å²) in [6.07, 6.45) is 0. The van der Waals surface area contributed by atoms with Gasteiger partial charge in [0.25, 0.3) is 6.71 Å². The molecule has 0 fully saturated rings. The van der Waals surface area contributed by atoms with Crippen LogP contribution >= 0.6 is 0 Å². The van der Waals surface area contributed by atoms with E-state index >= 15 is 0 Å². The summed E-state index contributed by atoms with van der Waals surface area (Å²) in [5.74, 6) is 0. The molecule has 0 N–H and O–H groups in total. The fraction of sp³-hybridized carbons (Fsp3) is 0.0968. The van der Waals surface area contributed by atoms with Crippen molar-refractivity contribution in [2.45, 2.75) is 20.8 Å². The Balaban J connectivity index is 1.63. The average molecular weight is 496 g/mol. The molecule has 0 amide bonds. The molecular weight excluding hydrogens is 470 g/mol. The largest absolute Gasteiger partial charge is 0.455 e. The normalized spacial score (nSPS) is 13.4. The van der Waals surface area contributed by atoms with Crippen LogP contribution in [-0.4, -0.2) is 47.1 Å². The highest BCUT2D eigenvalue weighted by molar-refractivity contribution is 7.05. The van der Waals surface area contributed by atoms with Crippen molar-refractivity contribution >= 4 is 115 Å². The van der Waals surface area contributed by atoms with E-state index in [1.165, 1.54) is 99.3 Å². The third-order valence-corrected chi connectivity index (χ3v) is 10.0. The van der Waals surface area contributed by atoms with Gasteiger partial charge in [0.15, 0.2) is 5.58 Å². The van der Waals surface area contributed by atoms with Gasteiger partial charge in [-0.15, -0.1) is 10.9 Å². The minimum Gasteiger partial charge on any atom is -0.455 e. The number of aromatic nitrogens is 2. The smallest absolute Gasteiger partial charge is 0.254 e. The van der Waals surface area contributed by atoms with Crippen LogP contribution in [0, 0.1) is 20.8 Å². The van der Waals surface area contributed by atoms with E-state index in [0.29, 0.717) is 0 Å². The summed E-state index contributed by atoms with van der Waals surface area (Å²) in [6.45, 7) is 6.87. The fourth-order valence-electron chi connectivity index (χ4n) is 8.18. The molecule has 2 aliphatic rings. The highest BCUT2D eigenvalue weighted by atomic mass is 16.3. The molecule has 0 bridgehead atoms. The molecule has 0 saturated heterocycles. The Hall–Kier alpha value is -3.92. The Morgan fingerprint density at radius 3 is 2.31 bits per heavy atom. The van der Waals surface area contributed by atoms with E-state index in [4.69, 9.17) is 4.42 Å². The molecule has 0 unspecified atom stereocenters. The van der Waals surface area contributed by atoms with Crippen LogP contribution in [0.4, 0.5) is 0 Å². The quantitative estimate of drug-likeness (QED) is 0.236. The van der Waals surface area contributed by atoms with Crippen molar-refractivity contribution in [3.63, 3.8) is 0 Å². The Bertz CT molecular complexity index is 2320. The lowest BCUT2D eigenvalue weighted by Gasteiger charge is -2.24. The van der Waals surface area contributed by atoms with E-state index in [9.17, 15) is 0 Å². The summed E-state index contributed by atoms with van der Waals surface area (Å²) < 4.78 is 11.9. The van der Waals surface area contributed by atoms with Gasteiger partial charge in [0.05, 0.1) is 11.0 Å². The fourth-order valence-corrected chi connectivity index (χ4v) is 8.18. The Morgan fingerprint density at radius 2 is 1.49 bits per heavy atom.